The minimum Gasteiger partial charge on any atom is -0.505 e. The van der Waals surface area contributed by atoms with Gasteiger partial charge < -0.3 is 29.2 Å². The van der Waals surface area contributed by atoms with Crippen LogP contribution in [0.25, 0.3) is 49.7 Å². The maximum absolute atomic E-state index is 16.6. The smallest absolute Gasteiger partial charge is 0.168 e. The molecular weight excluding hydrogens is 1130 g/mol. The summed E-state index contributed by atoms with van der Waals surface area (Å²) >= 11 is 0. The number of fused-ring (bicyclic) bond motifs is 6. The lowest BCUT2D eigenvalue weighted by atomic mass is 9.71. The third-order valence-corrected chi connectivity index (χ3v) is 18.9. The summed E-state index contributed by atoms with van der Waals surface area (Å²) in [5.74, 6) is -2.27. The molecule has 0 bridgehead atoms. The molecule has 1 aromatic heterocycles. The second-order valence-electron chi connectivity index (χ2n) is 33.6. The highest BCUT2D eigenvalue weighted by molar-refractivity contribution is 6.10. The lowest BCUT2D eigenvalue weighted by Gasteiger charge is -2.42. The molecular formula is C82H99F3N2O4. The summed E-state index contributed by atoms with van der Waals surface area (Å²) in [6.07, 6.45) is 9.44. The molecule has 0 fully saturated rings. The topological polar surface area (TPSA) is 67.1 Å². The summed E-state index contributed by atoms with van der Waals surface area (Å²) in [5, 5.41) is 28.0. The van der Waals surface area contributed by atoms with Crippen molar-refractivity contribution in [2.75, 3.05) is 18.1 Å². The van der Waals surface area contributed by atoms with E-state index >= 15 is 13.2 Å². The second kappa shape index (κ2) is 23.3. The van der Waals surface area contributed by atoms with Gasteiger partial charge in [0, 0.05) is 57.1 Å². The van der Waals surface area contributed by atoms with Gasteiger partial charge in [-0.05, 0) is 182 Å². The van der Waals surface area contributed by atoms with Crippen LogP contribution < -0.4 is 14.4 Å². The Bertz CT molecular complexity index is 4120. The number of anilines is 2. The van der Waals surface area contributed by atoms with Crippen molar-refractivity contribution in [2.45, 2.75) is 204 Å². The first kappa shape index (κ1) is 66.5. The lowest BCUT2D eigenvalue weighted by molar-refractivity contribution is 0.242. The van der Waals surface area contributed by atoms with Crippen LogP contribution >= 0.6 is 0 Å². The summed E-state index contributed by atoms with van der Waals surface area (Å²) in [4.78, 5) is 2.29. The number of phenolic OH excluding ortho intramolecular Hbond substituents is 2. The number of hydrogen-bond donors (Lipinski definition) is 2. The third kappa shape index (κ3) is 13.3. The average Bonchev–Trinajstić information content (AvgIpc) is 1.58. The number of phenols is 2. The molecule has 8 aromatic rings. The normalized spacial score (nSPS) is 16.6. The molecule has 2 aliphatic rings. The van der Waals surface area contributed by atoms with Crippen molar-refractivity contribution in [3.05, 3.63) is 184 Å². The Kier molecular flexibility index (Phi) is 17.0. The minimum atomic E-state index is -0.913. The fourth-order valence-electron chi connectivity index (χ4n) is 13.9. The predicted molar refractivity (Wildman–Crippen MR) is 374 cm³/mol. The van der Waals surface area contributed by atoms with Crippen LogP contribution in [0.1, 0.15) is 204 Å². The van der Waals surface area contributed by atoms with Gasteiger partial charge in [0.2, 0.25) is 0 Å². The van der Waals surface area contributed by atoms with Crippen LogP contribution in [0, 0.1) is 33.7 Å². The van der Waals surface area contributed by atoms with Crippen molar-refractivity contribution in [1.29, 1.82) is 0 Å². The summed E-state index contributed by atoms with van der Waals surface area (Å²) in [6.45, 7) is 46.6. The van der Waals surface area contributed by atoms with Gasteiger partial charge in [-0.2, -0.15) is 0 Å². The van der Waals surface area contributed by atoms with E-state index < -0.39 is 28.4 Å². The van der Waals surface area contributed by atoms with E-state index in [4.69, 9.17) is 9.47 Å². The lowest BCUT2D eigenvalue weighted by Crippen LogP contribution is -2.43. The maximum Gasteiger partial charge on any atom is 0.168 e. The van der Waals surface area contributed by atoms with E-state index in [0.717, 1.165) is 57.5 Å². The number of halogens is 3. The molecule has 10 rings (SSSR count). The molecule has 1 aliphatic heterocycles. The van der Waals surface area contributed by atoms with Crippen LogP contribution in [-0.4, -0.2) is 33.5 Å². The van der Waals surface area contributed by atoms with E-state index in [2.05, 4.69) is 234 Å². The second-order valence-corrected chi connectivity index (χ2v) is 33.6. The van der Waals surface area contributed by atoms with Crippen LogP contribution in [0.4, 0.5) is 24.5 Å². The van der Waals surface area contributed by atoms with Crippen molar-refractivity contribution < 1.29 is 32.9 Å². The Balaban J connectivity index is 1.02. The first-order chi connectivity index (χ1) is 42.0. The van der Waals surface area contributed by atoms with Crippen molar-refractivity contribution in [2.24, 2.45) is 16.2 Å². The van der Waals surface area contributed by atoms with Gasteiger partial charge in [0.05, 0.1) is 41.2 Å². The van der Waals surface area contributed by atoms with Gasteiger partial charge in [0.25, 0.3) is 0 Å². The molecule has 482 valence electrons. The zero-order valence-electron chi connectivity index (χ0n) is 58.2. The summed E-state index contributed by atoms with van der Waals surface area (Å²) in [6, 6.07) is 34.1. The minimum absolute atomic E-state index is 0.00323. The highest BCUT2D eigenvalue weighted by Gasteiger charge is 2.50. The Hall–Kier alpha value is -7.39. The van der Waals surface area contributed by atoms with E-state index in [1.165, 1.54) is 46.0 Å². The quantitative estimate of drug-likeness (QED) is 0.106. The van der Waals surface area contributed by atoms with Gasteiger partial charge in [-0.25, -0.2) is 13.2 Å². The van der Waals surface area contributed by atoms with Crippen LogP contribution in [0.2, 0.25) is 0 Å². The molecule has 91 heavy (non-hydrogen) atoms. The monoisotopic (exact) mass is 1230 g/mol. The molecule has 0 saturated heterocycles. The number of aryl methyl sites for hydroxylation is 1. The summed E-state index contributed by atoms with van der Waals surface area (Å²) in [7, 11) is 0. The predicted octanol–water partition coefficient (Wildman–Crippen LogP) is 22.9. The van der Waals surface area contributed by atoms with E-state index in [1.807, 2.05) is 18.2 Å². The Labute approximate surface area is 541 Å². The van der Waals surface area contributed by atoms with Gasteiger partial charge >= 0.3 is 0 Å². The number of nitrogens with zero attached hydrogens (tertiary/aromatic N) is 2. The van der Waals surface area contributed by atoms with Gasteiger partial charge in [0.15, 0.2) is 11.6 Å². The van der Waals surface area contributed by atoms with E-state index in [1.54, 1.807) is 6.07 Å². The zero-order valence-corrected chi connectivity index (χ0v) is 58.2. The number of allylic oxidation sites excluding steroid dienone is 2. The fourth-order valence-corrected chi connectivity index (χ4v) is 13.9. The van der Waals surface area contributed by atoms with E-state index in [-0.39, 0.29) is 86.4 Å². The third-order valence-electron chi connectivity index (χ3n) is 18.9. The Morgan fingerprint density at radius 2 is 1.07 bits per heavy atom. The Morgan fingerprint density at radius 1 is 0.505 bits per heavy atom. The SMILES string of the molecule is CC(C)(C)CCc1cc(-c2cc(F)cc(F)c2OCCCOc2ccc(F)cc2-c2cc(C(C)(C)CC(C)(C)C)cc(N3c4ccc(C(C)(C)C)cc4C4C=C(C(C)(C)C)C=CC43C)c2O)c(O)c(-n2c3ccc(C(C)(C)C)cc3c3cc(C(C)(C)C)ccc32)c1. The maximum atomic E-state index is 16.6. The number of ether oxygens (including phenoxy) is 2. The molecule has 0 spiro atoms. The molecule has 1 aliphatic carbocycles. The molecule has 9 heteroatoms. The van der Waals surface area contributed by atoms with Crippen molar-refractivity contribution in [3.63, 3.8) is 0 Å². The molecule has 2 unspecified atom stereocenters. The van der Waals surface area contributed by atoms with Gasteiger partial charge in [-0.15, -0.1) is 0 Å². The molecule has 0 saturated carbocycles. The number of hydrogen-bond acceptors (Lipinski definition) is 5. The van der Waals surface area contributed by atoms with Crippen molar-refractivity contribution in [1.82, 2.24) is 4.57 Å². The van der Waals surface area contributed by atoms with Crippen LogP contribution in [0.5, 0.6) is 23.0 Å². The molecule has 2 N–H and O–H groups in total. The largest absolute Gasteiger partial charge is 0.505 e. The molecule has 7 aromatic carbocycles. The number of rotatable bonds is 14. The fraction of sp³-hybridized carbons (Fsp3) is 0.439. The van der Waals surface area contributed by atoms with Gasteiger partial charge in [-0.3, -0.25) is 0 Å². The number of aromatic hydroxyl groups is 2. The zero-order chi connectivity index (χ0) is 66.7. The molecule has 6 nitrogen and oxygen atoms in total. The summed E-state index contributed by atoms with van der Waals surface area (Å²) < 4.78 is 63.5. The van der Waals surface area contributed by atoms with Crippen LogP contribution in [-0.2, 0) is 28.1 Å². The number of benzene rings is 7. The number of aromatic nitrogens is 1. The highest BCUT2D eigenvalue weighted by atomic mass is 19.1. The standard InChI is InChI=1S/C82H99F3N2O4/c1-75(2,3)33-31-49-37-60(72(88)69(38-49)86-66-27-23-50(77(7,8)9)39-57(66)58-40-51(78(10,11)12)24-28-67(58)86)62-46-56(84)47-65(85)74(62)91-36-22-35-90-71-30-26-55(83)45-59(71)61-42-54(81(19,20)48-76(4,5)6)44-70(73(61)89)87-68-29-25-52(79(13,14)15)41-63(68)64-43-53(80(16,17)18)32-34-82(64,87)21/h23-30,32,34,37-47,64,88-89H,22,31,33,35-36,48H2,1-21H3. The first-order valence-corrected chi connectivity index (χ1v) is 32.8. The van der Waals surface area contributed by atoms with Gasteiger partial charge in [-0.1, -0.05) is 181 Å². The van der Waals surface area contributed by atoms with Crippen molar-refractivity contribution >= 4 is 33.2 Å². The molecule has 2 heterocycles. The average molecular weight is 1230 g/mol. The van der Waals surface area contributed by atoms with Crippen molar-refractivity contribution in [3.8, 4) is 50.9 Å². The van der Waals surface area contributed by atoms with E-state index in [0.29, 0.717) is 34.7 Å². The van der Waals surface area contributed by atoms with Crippen LogP contribution in [0.15, 0.2) is 133 Å². The van der Waals surface area contributed by atoms with Gasteiger partial charge in [0.1, 0.15) is 28.9 Å². The molecule has 2 atom stereocenters. The molecule has 0 amide bonds. The molecule has 0 radical (unpaired) electrons. The highest BCUT2D eigenvalue weighted by Crippen LogP contribution is 2.60. The summed E-state index contributed by atoms with van der Waals surface area (Å²) in [5.41, 5.74) is 11.3. The Morgan fingerprint density at radius 3 is 1.65 bits per heavy atom. The first-order valence-electron chi connectivity index (χ1n) is 32.8. The van der Waals surface area contributed by atoms with E-state index in [9.17, 15) is 10.2 Å². The van der Waals surface area contributed by atoms with Crippen LogP contribution in [0.3, 0.4) is 0 Å².